The Morgan fingerprint density at radius 2 is 1.95 bits per heavy atom. The lowest BCUT2D eigenvalue weighted by Gasteiger charge is -2.27. The molecule has 0 radical (unpaired) electrons. The minimum Gasteiger partial charge on any atom is -0.370 e. The van der Waals surface area contributed by atoms with Crippen LogP contribution >= 0.6 is 15.9 Å². The highest BCUT2D eigenvalue weighted by Gasteiger charge is 2.39. The van der Waals surface area contributed by atoms with Crippen LogP contribution in [-0.4, -0.2) is 23.6 Å². The van der Waals surface area contributed by atoms with Gasteiger partial charge in [0.25, 0.3) is 0 Å². The minimum atomic E-state index is -0.284. The molecule has 1 aromatic heterocycles. The normalized spacial score (nSPS) is 17.4. The summed E-state index contributed by atoms with van der Waals surface area (Å²) >= 11 is 3.63. The SMILES string of the molecule is CCCNc1nc(C2(OC)CCCC2)nc(CC)c1Br. The molecule has 20 heavy (non-hydrogen) atoms. The van der Waals surface area contributed by atoms with Gasteiger partial charge in [0.1, 0.15) is 11.4 Å². The van der Waals surface area contributed by atoms with Gasteiger partial charge in [-0.25, -0.2) is 9.97 Å². The predicted octanol–water partition coefficient (Wildman–Crippen LogP) is 4.04. The van der Waals surface area contributed by atoms with E-state index in [0.29, 0.717) is 0 Å². The molecule has 0 aliphatic heterocycles. The van der Waals surface area contributed by atoms with E-state index >= 15 is 0 Å². The van der Waals surface area contributed by atoms with Crippen LogP contribution < -0.4 is 5.32 Å². The Hall–Kier alpha value is -0.680. The van der Waals surface area contributed by atoms with Crippen LogP contribution in [0.1, 0.15) is 57.5 Å². The summed E-state index contributed by atoms with van der Waals surface area (Å²) in [5, 5.41) is 3.39. The fourth-order valence-electron chi connectivity index (χ4n) is 2.76. The molecule has 1 saturated carbocycles. The zero-order valence-corrected chi connectivity index (χ0v) is 14.2. The quantitative estimate of drug-likeness (QED) is 0.848. The number of nitrogens with one attached hydrogen (secondary N) is 1. The number of halogens is 1. The average Bonchev–Trinajstić information content (AvgIpc) is 2.96. The number of aryl methyl sites for hydroxylation is 1. The lowest BCUT2D eigenvalue weighted by atomic mass is 10.0. The molecule has 1 aromatic rings. The lowest BCUT2D eigenvalue weighted by Crippen LogP contribution is -2.28. The van der Waals surface area contributed by atoms with E-state index in [2.05, 4.69) is 35.1 Å². The first-order valence-electron chi connectivity index (χ1n) is 7.52. The average molecular weight is 342 g/mol. The summed E-state index contributed by atoms with van der Waals surface area (Å²) in [4.78, 5) is 9.51. The second-order valence-corrected chi connectivity index (χ2v) is 6.14. The van der Waals surface area contributed by atoms with Gasteiger partial charge in [0.2, 0.25) is 0 Å². The fraction of sp³-hybridized carbons (Fsp3) is 0.733. The molecular formula is C15H24BrN3O. The Morgan fingerprint density at radius 3 is 2.50 bits per heavy atom. The van der Waals surface area contributed by atoms with Crippen LogP contribution in [0.2, 0.25) is 0 Å². The molecule has 0 amide bonds. The first-order chi connectivity index (χ1) is 9.66. The van der Waals surface area contributed by atoms with Crippen LogP contribution in [0, 0.1) is 0 Å². The Balaban J connectivity index is 2.42. The number of methoxy groups -OCH3 is 1. The molecule has 0 saturated heterocycles. The third kappa shape index (κ3) is 2.98. The Morgan fingerprint density at radius 1 is 1.25 bits per heavy atom. The van der Waals surface area contributed by atoms with Gasteiger partial charge in [0.15, 0.2) is 5.82 Å². The van der Waals surface area contributed by atoms with E-state index in [1.807, 2.05) is 0 Å². The first kappa shape index (κ1) is 15.7. The number of hydrogen-bond donors (Lipinski definition) is 1. The van der Waals surface area contributed by atoms with Crippen molar-refractivity contribution in [3.05, 3.63) is 16.0 Å². The summed E-state index contributed by atoms with van der Waals surface area (Å²) in [7, 11) is 1.78. The van der Waals surface area contributed by atoms with Crippen molar-refractivity contribution in [1.29, 1.82) is 0 Å². The summed E-state index contributed by atoms with van der Waals surface area (Å²) in [5.74, 6) is 1.74. The molecule has 1 aliphatic carbocycles. The molecule has 0 aromatic carbocycles. The molecule has 0 unspecified atom stereocenters. The molecule has 1 heterocycles. The molecule has 2 rings (SSSR count). The second kappa shape index (κ2) is 6.85. The van der Waals surface area contributed by atoms with Crippen LogP contribution in [-0.2, 0) is 16.8 Å². The zero-order valence-electron chi connectivity index (χ0n) is 12.6. The van der Waals surface area contributed by atoms with Gasteiger partial charge in [-0.3, -0.25) is 0 Å². The van der Waals surface area contributed by atoms with Crippen LogP contribution in [0.3, 0.4) is 0 Å². The van der Waals surface area contributed by atoms with Gasteiger partial charge in [-0.2, -0.15) is 0 Å². The summed E-state index contributed by atoms with van der Waals surface area (Å²) in [6.45, 7) is 5.18. The standard InChI is InChI=1S/C15H24BrN3O/c1-4-10-17-13-12(16)11(5-2)18-14(19-13)15(20-3)8-6-7-9-15/h4-10H2,1-3H3,(H,17,18,19). The van der Waals surface area contributed by atoms with Crippen LogP contribution in [0.5, 0.6) is 0 Å². The summed E-state index contributed by atoms with van der Waals surface area (Å²) in [5.41, 5.74) is 0.768. The van der Waals surface area contributed by atoms with Gasteiger partial charge < -0.3 is 10.1 Å². The van der Waals surface area contributed by atoms with Crippen molar-refractivity contribution >= 4 is 21.7 Å². The van der Waals surface area contributed by atoms with Gasteiger partial charge in [-0.1, -0.05) is 13.8 Å². The molecule has 0 spiro atoms. The molecule has 1 aliphatic rings. The maximum atomic E-state index is 5.82. The highest BCUT2D eigenvalue weighted by atomic mass is 79.9. The maximum Gasteiger partial charge on any atom is 0.162 e. The number of anilines is 1. The number of aromatic nitrogens is 2. The van der Waals surface area contributed by atoms with E-state index in [0.717, 1.165) is 54.0 Å². The Kier molecular flexibility index (Phi) is 5.38. The highest BCUT2D eigenvalue weighted by molar-refractivity contribution is 9.10. The van der Waals surface area contributed by atoms with Crippen molar-refractivity contribution < 1.29 is 4.74 Å². The Labute approximate surface area is 129 Å². The van der Waals surface area contributed by atoms with Crippen molar-refractivity contribution in [3.8, 4) is 0 Å². The van der Waals surface area contributed by atoms with E-state index in [1.54, 1.807) is 7.11 Å². The molecule has 112 valence electrons. The molecule has 1 fully saturated rings. The van der Waals surface area contributed by atoms with Crippen molar-refractivity contribution in [3.63, 3.8) is 0 Å². The lowest BCUT2D eigenvalue weighted by molar-refractivity contribution is -0.0163. The summed E-state index contributed by atoms with van der Waals surface area (Å²) in [6.07, 6.45) is 6.36. The van der Waals surface area contributed by atoms with Gasteiger partial charge >= 0.3 is 0 Å². The molecule has 0 bridgehead atoms. The van der Waals surface area contributed by atoms with Crippen molar-refractivity contribution in [2.45, 2.75) is 58.0 Å². The largest absolute Gasteiger partial charge is 0.370 e. The second-order valence-electron chi connectivity index (χ2n) is 5.34. The van der Waals surface area contributed by atoms with E-state index in [9.17, 15) is 0 Å². The van der Waals surface area contributed by atoms with Crippen molar-refractivity contribution in [1.82, 2.24) is 9.97 Å². The fourth-order valence-corrected chi connectivity index (χ4v) is 3.36. The van der Waals surface area contributed by atoms with Crippen LogP contribution in [0.4, 0.5) is 5.82 Å². The van der Waals surface area contributed by atoms with Gasteiger partial charge in [0, 0.05) is 13.7 Å². The van der Waals surface area contributed by atoms with Crippen LogP contribution in [0.15, 0.2) is 4.47 Å². The highest BCUT2D eigenvalue weighted by Crippen LogP contribution is 2.41. The van der Waals surface area contributed by atoms with E-state index in [1.165, 1.54) is 12.8 Å². The minimum absolute atomic E-state index is 0.284. The van der Waals surface area contributed by atoms with E-state index in [-0.39, 0.29) is 5.60 Å². The third-order valence-corrected chi connectivity index (χ3v) is 4.84. The monoisotopic (exact) mass is 341 g/mol. The number of nitrogens with zero attached hydrogens (tertiary/aromatic N) is 2. The number of ether oxygens (including phenoxy) is 1. The predicted molar refractivity (Wildman–Crippen MR) is 85.0 cm³/mol. The molecular weight excluding hydrogens is 318 g/mol. The van der Waals surface area contributed by atoms with E-state index in [4.69, 9.17) is 14.7 Å². The topological polar surface area (TPSA) is 47.0 Å². The van der Waals surface area contributed by atoms with Gasteiger partial charge in [0.05, 0.1) is 10.2 Å². The number of hydrogen-bond acceptors (Lipinski definition) is 4. The Bertz CT molecular complexity index is 459. The third-order valence-electron chi connectivity index (χ3n) is 4.01. The zero-order chi connectivity index (χ0) is 14.6. The first-order valence-corrected chi connectivity index (χ1v) is 8.32. The molecule has 1 N–H and O–H groups in total. The maximum absolute atomic E-state index is 5.82. The molecule has 4 nitrogen and oxygen atoms in total. The molecule has 5 heteroatoms. The smallest absolute Gasteiger partial charge is 0.162 e. The van der Waals surface area contributed by atoms with Gasteiger partial charge in [-0.15, -0.1) is 0 Å². The summed E-state index contributed by atoms with van der Waals surface area (Å²) < 4.78 is 6.80. The van der Waals surface area contributed by atoms with Crippen LogP contribution in [0.25, 0.3) is 0 Å². The molecule has 0 atom stereocenters. The summed E-state index contributed by atoms with van der Waals surface area (Å²) in [6, 6.07) is 0. The van der Waals surface area contributed by atoms with Crippen molar-refractivity contribution in [2.75, 3.05) is 19.0 Å². The van der Waals surface area contributed by atoms with E-state index < -0.39 is 0 Å². The van der Waals surface area contributed by atoms with Crippen molar-refractivity contribution in [2.24, 2.45) is 0 Å². The van der Waals surface area contributed by atoms with Gasteiger partial charge in [-0.05, 0) is 54.5 Å². The number of rotatable bonds is 6.